The predicted octanol–water partition coefficient (Wildman–Crippen LogP) is 3.23. The highest BCUT2D eigenvalue weighted by atomic mass is 16.5. The molecule has 6 nitrogen and oxygen atoms in total. The average molecular weight is 445 g/mol. The molecule has 170 valence electrons. The lowest BCUT2D eigenvalue weighted by atomic mass is 9.90. The Morgan fingerprint density at radius 1 is 0.970 bits per heavy atom. The molecule has 0 aliphatic carbocycles. The van der Waals surface area contributed by atoms with Gasteiger partial charge in [-0.05, 0) is 34.4 Å². The molecule has 1 saturated heterocycles. The fourth-order valence-corrected chi connectivity index (χ4v) is 4.23. The number of nitrogens with two attached hydrogens (primary N) is 1. The summed E-state index contributed by atoms with van der Waals surface area (Å²) in [5.41, 5.74) is 8.49. The molecule has 0 spiro atoms. The molecule has 1 atom stereocenters. The van der Waals surface area contributed by atoms with Crippen LogP contribution in [0.3, 0.4) is 0 Å². The summed E-state index contributed by atoms with van der Waals surface area (Å²) in [4.78, 5) is 27.3. The predicted molar refractivity (Wildman–Crippen MR) is 127 cm³/mol. The highest BCUT2D eigenvalue weighted by molar-refractivity contribution is 5.86. The van der Waals surface area contributed by atoms with Gasteiger partial charge in [-0.25, -0.2) is 0 Å². The van der Waals surface area contributed by atoms with Gasteiger partial charge in [0.15, 0.2) is 5.60 Å². The summed E-state index contributed by atoms with van der Waals surface area (Å²) in [6, 6.07) is 25.4. The molecule has 2 amide bonds. The van der Waals surface area contributed by atoms with Gasteiger partial charge < -0.3 is 20.1 Å². The van der Waals surface area contributed by atoms with Gasteiger partial charge in [-0.2, -0.15) is 0 Å². The Hall–Kier alpha value is -3.64. The molecule has 2 N–H and O–H groups in total. The van der Waals surface area contributed by atoms with E-state index in [9.17, 15) is 9.59 Å². The number of hydrogen-bond donors (Lipinski definition) is 1. The van der Waals surface area contributed by atoms with Gasteiger partial charge in [-0.1, -0.05) is 66.7 Å². The second-order valence-corrected chi connectivity index (χ2v) is 8.29. The molecule has 1 aliphatic heterocycles. The van der Waals surface area contributed by atoms with E-state index in [1.165, 1.54) is 0 Å². The Morgan fingerprint density at radius 2 is 1.70 bits per heavy atom. The first kappa shape index (κ1) is 22.6. The topological polar surface area (TPSA) is 81.9 Å². The minimum absolute atomic E-state index is 0.0739. The number of rotatable bonds is 7. The van der Waals surface area contributed by atoms with Crippen molar-refractivity contribution >= 4 is 11.8 Å². The molecule has 1 aliphatic rings. The molecule has 0 saturated carbocycles. The lowest BCUT2D eigenvalue weighted by Gasteiger charge is -2.41. The molecule has 3 aromatic carbocycles. The summed E-state index contributed by atoms with van der Waals surface area (Å²) in [6.45, 7) is 0.799. The van der Waals surface area contributed by atoms with Crippen molar-refractivity contribution < 1.29 is 19.1 Å². The summed E-state index contributed by atoms with van der Waals surface area (Å²) in [7, 11) is 1.59. The first-order valence-corrected chi connectivity index (χ1v) is 11.0. The standard InChI is InChI=1S/C27H28N2O4/c1-32-24-12-6-7-20(16-24)17-25(30)29-13-14-33-27(19-29,26(28)31)18-21-8-5-11-23(15-21)22-9-3-2-4-10-22/h2-12,15-16H,13-14,17-19H2,1H3,(H2,28,31)/t27-/m1/s1. The normalized spacial score (nSPS) is 18.0. The first-order valence-electron chi connectivity index (χ1n) is 11.0. The molecule has 0 aromatic heterocycles. The summed E-state index contributed by atoms with van der Waals surface area (Å²) in [5.74, 6) is 0.0637. The van der Waals surface area contributed by atoms with Crippen LogP contribution in [0, 0.1) is 0 Å². The summed E-state index contributed by atoms with van der Waals surface area (Å²) in [5, 5.41) is 0. The number of carbonyl (C=O) groups excluding carboxylic acids is 2. The van der Waals surface area contributed by atoms with E-state index in [-0.39, 0.29) is 25.5 Å². The molecule has 0 radical (unpaired) electrons. The number of morpholine rings is 1. The Balaban J connectivity index is 1.52. The number of methoxy groups -OCH3 is 1. The molecule has 0 bridgehead atoms. The van der Waals surface area contributed by atoms with Crippen LogP contribution in [0.5, 0.6) is 5.75 Å². The monoisotopic (exact) mass is 444 g/mol. The van der Waals surface area contributed by atoms with Crippen molar-refractivity contribution in [2.45, 2.75) is 18.4 Å². The zero-order valence-electron chi connectivity index (χ0n) is 18.7. The van der Waals surface area contributed by atoms with Crippen molar-refractivity contribution in [1.82, 2.24) is 4.90 Å². The van der Waals surface area contributed by atoms with Crippen LogP contribution in [0.15, 0.2) is 78.9 Å². The van der Waals surface area contributed by atoms with Crippen LogP contribution in [0.25, 0.3) is 11.1 Å². The van der Waals surface area contributed by atoms with E-state index in [2.05, 4.69) is 0 Å². The zero-order valence-corrected chi connectivity index (χ0v) is 18.7. The summed E-state index contributed by atoms with van der Waals surface area (Å²) in [6.07, 6.45) is 0.515. The van der Waals surface area contributed by atoms with Crippen molar-refractivity contribution in [3.8, 4) is 16.9 Å². The molecule has 33 heavy (non-hydrogen) atoms. The van der Waals surface area contributed by atoms with E-state index in [0.717, 1.165) is 22.3 Å². The molecule has 3 aromatic rings. The van der Waals surface area contributed by atoms with Crippen LogP contribution in [-0.4, -0.2) is 49.1 Å². The molecule has 6 heteroatoms. The third kappa shape index (κ3) is 5.23. The maximum Gasteiger partial charge on any atom is 0.251 e. The van der Waals surface area contributed by atoms with Crippen LogP contribution >= 0.6 is 0 Å². The van der Waals surface area contributed by atoms with E-state index in [4.69, 9.17) is 15.2 Å². The van der Waals surface area contributed by atoms with Crippen LogP contribution in [0.2, 0.25) is 0 Å². The Morgan fingerprint density at radius 3 is 2.45 bits per heavy atom. The van der Waals surface area contributed by atoms with Crippen molar-refractivity contribution in [3.63, 3.8) is 0 Å². The molecule has 4 rings (SSSR count). The Bertz CT molecular complexity index is 1130. The van der Waals surface area contributed by atoms with Gasteiger partial charge in [-0.15, -0.1) is 0 Å². The number of hydrogen-bond acceptors (Lipinski definition) is 4. The van der Waals surface area contributed by atoms with Gasteiger partial charge in [0.1, 0.15) is 5.75 Å². The van der Waals surface area contributed by atoms with Crippen molar-refractivity contribution in [2.24, 2.45) is 5.73 Å². The van der Waals surface area contributed by atoms with Crippen molar-refractivity contribution in [3.05, 3.63) is 90.0 Å². The van der Waals surface area contributed by atoms with Gasteiger partial charge in [0.25, 0.3) is 5.91 Å². The SMILES string of the molecule is COc1cccc(CC(=O)N2CCO[C@@](Cc3cccc(-c4ccccc4)c3)(C(N)=O)C2)c1. The molecular weight excluding hydrogens is 416 g/mol. The number of primary amides is 1. The largest absolute Gasteiger partial charge is 0.497 e. The van der Waals surface area contributed by atoms with Crippen LogP contribution in [0.4, 0.5) is 0 Å². The number of ether oxygens (including phenoxy) is 2. The van der Waals surface area contributed by atoms with E-state index in [1.54, 1.807) is 12.0 Å². The Labute approximate surface area is 193 Å². The van der Waals surface area contributed by atoms with Gasteiger partial charge in [0.05, 0.1) is 26.7 Å². The minimum Gasteiger partial charge on any atom is -0.497 e. The molecular formula is C27H28N2O4. The third-order valence-electron chi connectivity index (χ3n) is 6.00. The van der Waals surface area contributed by atoms with Crippen LogP contribution in [0.1, 0.15) is 11.1 Å². The zero-order chi connectivity index (χ0) is 23.3. The van der Waals surface area contributed by atoms with Crippen molar-refractivity contribution in [2.75, 3.05) is 26.8 Å². The molecule has 1 fully saturated rings. The highest BCUT2D eigenvalue weighted by Crippen LogP contribution is 2.27. The fourth-order valence-electron chi connectivity index (χ4n) is 4.23. The van der Waals surface area contributed by atoms with Crippen LogP contribution in [-0.2, 0) is 27.2 Å². The van der Waals surface area contributed by atoms with E-state index >= 15 is 0 Å². The van der Waals surface area contributed by atoms with Crippen LogP contribution < -0.4 is 10.5 Å². The second-order valence-electron chi connectivity index (χ2n) is 8.29. The molecule has 0 unspecified atom stereocenters. The van der Waals surface area contributed by atoms with Gasteiger partial charge >= 0.3 is 0 Å². The maximum absolute atomic E-state index is 13.0. The fraction of sp³-hybridized carbons (Fsp3) is 0.259. The van der Waals surface area contributed by atoms with Gasteiger partial charge in [-0.3, -0.25) is 9.59 Å². The smallest absolute Gasteiger partial charge is 0.251 e. The minimum atomic E-state index is -1.27. The molecule has 1 heterocycles. The van der Waals surface area contributed by atoms with E-state index in [1.807, 2.05) is 78.9 Å². The van der Waals surface area contributed by atoms with E-state index < -0.39 is 11.5 Å². The number of carbonyl (C=O) groups is 2. The number of amides is 2. The van der Waals surface area contributed by atoms with Gasteiger partial charge in [0.2, 0.25) is 5.91 Å². The number of nitrogens with zero attached hydrogens (tertiary/aromatic N) is 1. The maximum atomic E-state index is 13.0. The Kier molecular flexibility index (Phi) is 6.75. The first-order chi connectivity index (χ1) is 16.0. The summed E-state index contributed by atoms with van der Waals surface area (Å²) >= 11 is 0. The lowest BCUT2D eigenvalue weighted by molar-refractivity contribution is -0.163. The average Bonchev–Trinajstić information content (AvgIpc) is 2.85. The number of benzene rings is 3. The third-order valence-corrected chi connectivity index (χ3v) is 6.00. The second kappa shape index (κ2) is 9.88. The van der Waals surface area contributed by atoms with Gasteiger partial charge in [0, 0.05) is 13.0 Å². The van der Waals surface area contributed by atoms with E-state index in [0.29, 0.717) is 18.7 Å². The lowest BCUT2D eigenvalue weighted by Crippen LogP contribution is -2.61. The summed E-state index contributed by atoms with van der Waals surface area (Å²) < 4.78 is 11.2. The quantitative estimate of drug-likeness (QED) is 0.607. The van der Waals surface area contributed by atoms with Crippen molar-refractivity contribution in [1.29, 1.82) is 0 Å². The highest BCUT2D eigenvalue weighted by Gasteiger charge is 2.43.